The topological polar surface area (TPSA) is 29.1 Å². The van der Waals surface area contributed by atoms with Gasteiger partial charge in [0, 0.05) is 12.1 Å². The van der Waals surface area contributed by atoms with E-state index < -0.39 is 0 Å². The molecular formula is C16H23NO. The van der Waals surface area contributed by atoms with Crippen LogP contribution in [0.5, 0.6) is 0 Å². The SMILES string of the molecule is CCCCC(CC(=O)Nc1ccccc1)=C(C)C. The molecule has 18 heavy (non-hydrogen) atoms. The van der Waals surface area contributed by atoms with Gasteiger partial charge in [-0.25, -0.2) is 0 Å². The second-order valence-electron chi connectivity index (χ2n) is 4.80. The van der Waals surface area contributed by atoms with Gasteiger partial charge in [0.05, 0.1) is 0 Å². The summed E-state index contributed by atoms with van der Waals surface area (Å²) in [5.74, 6) is 0.0773. The van der Waals surface area contributed by atoms with Crippen molar-refractivity contribution in [3.05, 3.63) is 41.5 Å². The summed E-state index contributed by atoms with van der Waals surface area (Å²) in [6, 6.07) is 9.61. The number of carbonyl (C=O) groups is 1. The summed E-state index contributed by atoms with van der Waals surface area (Å²) in [7, 11) is 0. The van der Waals surface area contributed by atoms with Gasteiger partial charge in [-0.05, 0) is 38.8 Å². The fraction of sp³-hybridized carbons (Fsp3) is 0.438. The molecule has 0 aliphatic heterocycles. The third-order valence-electron chi connectivity index (χ3n) is 2.97. The predicted octanol–water partition coefficient (Wildman–Crippen LogP) is 4.54. The van der Waals surface area contributed by atoms with Gasteiger partial charge in [-0.3, -0.25) is 4.79 Å². The van der Waals surface area contributed by atoms with Crippen molar-refractivity contribution in [3.63, 3.8) is 0 Å². The lowest BCUT2D eigenvalue weighted by Crippen LogP contribution is -2.12. The standard InChI is InChI=1S/C16H23NO/c1-4-5-9-14(13(2)3)12-16(18)17-15-10-7-6-8-11-15/h6-8,10-11H,4-5,9,12H2,1-3H3,(H,17,18). The van der Waals surface area contributed by atoms with Crippen LogP contribution in [0.3, 0.4) is 0 Å². The maximum absolute atomic E-state index is 11.9. The molecule has 0 atom stereocenters. The minimum Gasteiger partial charge on any atom is -0.326 e. The number of benzene rings is 1. The van der Waals surface area contributed by atoms with Crippen molar-refractivity contribution < 1.29 is 4.79 Å². The van der Waals surface area contributed by atoms with E-state index in [2.05, 4.69) is 26.1 Å². The number of nitrogens with one attached hydrogen (secondary N) is 1. The number of allylic oxidation sites excluding steroid dienone is 1. The molecule has 1 aromatic carbocycles. The quantitative estimate of drug-likeness (QED) is 0.732. The Hall–Kier alpha value is -1.57. The number of rotatable bonds is 6. The van der Waals surface area contributed by atoms with Crippen molar-refractivity contribution in [3.8, 4) is 0 Å². The van der Waals surface area contributed by atoms with Crippen LogP contribution in [0.25, 0.3) is 0 Å². The molecule has 2 nitrogen and oxygen atoms in total. The number of hydrogen-bond donors (Lipinski definition) is 1. The summed E-state index contributed by atoms with van der Waals surface area (Å²) in [5.41, 5.74) is 3.41. The molecule has 0 fully saturated rings. The van der Waals surface area contributed by atoms with E-state index in [1.165, 1.54) is 11.1 Å². The lowest BCUT2D eigenvalue weighted by Gasteiger charge is -2.10. The molecule has 1 amide bonds. The highest BCUT2D eigenvalue weighted by Crippen LogP contribution is 2.17. The van der Waals surface area contributed by atoms with Crippen LogP contribution >= 0.6 is 0 Å². The van der Waals surface area contributed by atoms with Crippen molar-refractivity contribution in [2.75, 3.05) is 5.32 Å². The first-order valence-corrected chi connectivity index (χ1v) is 6.63. The zero-order valence-electron chi connectivity index (χ0n) is 11.6. The number of hydrogen-bond acceptors (Lipinski definition) is 1. The van der Waals surface area contributed by atoms with Crippen LogP contribution in [0.1, 0.15) is 46.5 Å². The highest BCUT2D eigenvalue weighted by Gasteiger charge is 2.07. The summed E-state index contributed by atoms with van der Waals surface area (Å²) >= 11 is 0. The molecule has 2 heteroatoms. The Labute approximate surface area is 110 Å². The van der Waals surface area contributed by atoms with Gasteiger partial charge in [0.15, 0.2) is 0 Å². The fourth-order valence-electron chi connectivity index (χ4n) is 1.83. The van der Waals surface area contributed by atoms with Gasteiger partial charge in [-0.1, -0.05) is 42.7 Å². The number of unbranched alkanes of at least 4 members (excludes halogenated alkanes) is 1. The molecule has 0 heterocycles. The number of amides is 1. The van der Waals surface area contributed by atoms with Gasteiger partial charge in [-0.2, -0.15) is 0 Å². The van der Waals surface area contributed by atoms with Crippen molar-refractivity contribution in [1.82, 2.24) is 0 Å². The van der Waals surface area contributed by atoms with Crippen LogP contribution in [0.2, 0.25) is 0 Å². The average Bonchev–Trinajstić information content (AvgIpc) is 2.35. The molecule has 0 unspecified atom stereocenters. The average molecular weight is 245 g/mol. The first-order chi connectivity index (χ1) is 8.63. The van der Waals surface area contributed by atoms with Crippen molar-refractivity contribution in [2.24, 2.45) is 0 Å². The third-order valence-corrected chi connectivity index (χ3v) is 2.97. The second kappa shape index (κ2) is 7.70. The maximum Gasteiger partial charge on any atom is 0.228 e. The van der Waals surface area contributed by atoms with E-state index in [1.54, 1.807) is 0 Å². The molecule has 1 rings (SSSR count). The summed E-state index contributed by atoms with van der Waals surface area (Å²) in [6.45, 7) is 6.34. The number of carbonyl (C=O) groups excluding carboxylic acids is 1. The van der Waals surface area contributed by atoms with Crippen LogP contribution in [-0.4, -0.2) is 5.91 Å². The van der Waals surface area contributed by atoms with Crippen LogP contribution < -0.4 is 5.32 Å². The first kappa shape index (κ1) is 14.5. The molecule has 0 bridgehead atoms. The normalized spacial score (nSPS) is 9.94. The highest BCUT2D eigenvalue weighted by atomic mass is 16.1. The third kappa shape index (κ3) is 5.17. The second-order valence-corrected chi connectivity index (χ2v) is 4.80. The number of para-hydroxylation sites is 1. The van der Waals surface area contributed by atoms with Crippen molar-refractivity contribution in [1.29, 1.82) is 0 Å². The molecule has 0 aliphatic rings. The van der Waals surface area contributed by atoms with Gasteiger partial charge in [0.25, 0.3) is 0 Å². The largest absolute Gasteiger partial charge is 0.326 e. The van der Waals surface area contributed by atoms with E-state index in [4.69, 9.17) is 0 Å². The number of anilines is 1. The van der Waals surface area contributed by atoms with Crippen LogP contribution in [0.4, 0.5) is 5.69 Å². The Kier molecular flexibility index (Phi) is 6.20. The summed E-state index contributed by atoms with van der Waals surface area (Å²) in [6.07, 6.45) is 3.86. The smallest absolute Gasteiger partial charge is 0.228 e. The maximum atomic E-state index is 11.9. The van der Waals surface area contributed by atoms with E-state index in [-0.39, 0.29) is 5.91 Å². The summed E-state index contributed by atoms with van der Waals surface area (Å²) in [4.78, 5) is 11.9. The van der Waals surface area contributed by atoms with Crippen LogP contribution in [0, 0.1) is 0 Å². The molecule has 1 N–H and O–H groups in total. The lowest BCUT2D eigenvalue weighted by atomic mass is 10.0. The van der Waals surface area contributed by atoms with Crippen LogP contribution in [-0.2, 0) is 4.79 Å². The van der Waals surface area contributed by atoms with Gasteiger partial charge < -0.3 is 5.32 Å². The van der Waals surface area contributed by atoms with E-state index in [9.17, 15) is 4.79 Å². The molecule has 0 saturated carbocycles. The molecular weight excluding hydrogens is 222 g/mol. The van der Waals surface area contributed by atoms with Gasteiger partial charge in [-0.15, -0.1) is 0 Å². The highest BCUT2D eigenvalue weighted by molar-refractivity contribution is 5.92. The van der Waals surface area contributed by atoms with Crippen LogP contribution in [0.15, 0.2) is 41.5 Å². The monoisotopic (exact) mass is 245 g/mol. The minimum atomic E-state index is 0.0773. The Balaban J connectivity index is 2.55. The molecule has 98 valence electrons. The summed E-state index contributed by atoms with van der Waals surface area (Å²) in [5, 5.41) is 2.93. The summed E-state index contributed by atoms with van der Waals surface area (Å²) < 4.78 is 0. The lowest BCUT2D eigenvalue weighted by molar-refractivity contribution is -0.115. The fourth-order valence-corrected chi connectivity index (χ4v) is 1.83. The van der Waals surface area contributed by atoms with Gasteiger partial charge in [0.2, 0.25) is 5.91 Å². The molecule has 0 spiro atoms. The van der Waals surface area contributed by atoms with E-state index in [1.807, 2.05) is 30.3 Å². The molecule has 0 aromatic heterocycles. The van der Waals surface area contributed by atoms with Gasteiger partial charge >= 0.3 is 0 Å². The van der Waals surface area contributed by atoms with E-state index in [0.29, 0.717) is 6.42 Å². The minimum absolute atomic E-state index is 0.0773. The van der Waals surface area contributed by atoms with E-state index in [0.717, 1.165) is 24.9 Å². The van der Waals surface area contributed by atoms with Crippen molar-refractivity contribution >= 4 is 11.6 Å². The Morgan fingerprint density at radius 3 is 2.39 bits per heavy atom. The molecule has 0 aliphatic carbocycles. The zero-order chi connectivity index (χ0) is 13.4. The van der Waals surface area contributed by atoms with Crippen molar-refractivity contribution in [2.45, 2.75) is 46.5 Å². The molecule has 1 aromatic rings. The van der Waals surface area contributed by atoms with Gasteiger partial charge in [0.1, 0.15) is 0 Å². The molecule has 0 radical (unpaired) electrons. The predicted molar refractivity (Wildman–Crippen MR) is 77.6 cm³/mol. The molecule has 0 saturated heterocycles. The first-order valence-electron chi connectivity index (χ1n) is 6.63. The van der Waals surface area contributed by atoms with E-state index >= 15 is 0 Å². The zero-order valence-corrected chi connectivity index (χ0v) is 11.6. The Morgan fingerprint density at radius 1 is 1.17 bits per heavy atom. The Bertz CT molecular complexity index is 402. The Morgan fingerprint density at radius 2 is 1.83 bits per heavy atom.